The minimum atomic E-state index is -1.18. The van der Waals surface area contributed by atoms with E-state index in [-0.39, 0.29) is 45.1 Å². The van der Waals surface area contributed by atoms with Gasteiger partial charge in [-0.3, -0.25) is 24.1 Å². The van der Waals surface area contributed by atoms with Crippen molar-refractivity contribution in [1.82, 2.24) is 9.88 Å². The third-order valence-corrected chi connectivity index (χ3v) is 10.8. The molecule has 1 saturated heterocycles. The molecule has 0 unspecified atom stereocenters. The van der Waals surface area contributed by atoms with E-state index in [4.69, 9.17) is 4.74 Å². The van der Waals surface area contributed by atoms with Crippen molar-refractivity contribution in [2.24, 2.45) is 29.6 Å². The molecule has 2 aromatic rings. The number of aliphatic carboxylic acids is 1. The molecule has 8 nitrogen and oxygen atoms in total. The number of hydrogen-bond donors (Lipinski definition) is 2. The molecule has 10 heteroatoms. The number of carbonyl (C=O) groups excluding carboxylic acids is 2. The summed E-state index contributed by atoms with van der Waals surface area (Å²) in [5, 5.41) is 10.1. The lowest BCUT2D eigenvalue weighted by atomic mass is 9.63. The second-order valence-electron chi connectivity index (χ2n) is 9.48. The van der Waals surface area contributed by atoms with E-state index in [1.165, 1.54) is 11.3 Å². The third kappa shape index (κ3) is 2.70. The van der Waals surface area contributed by atoms with Crippen molar-refractivity contribution >= 4 is 40.9 Å². The molecule has 1 aromatic heterocycles. The van der Waals surface area contributed by atoms with E-state index in [9.17, 15) is 24.3 Å². The number of aromatic nitrogens is 1. The number of carboxylic acid groups (broad SMARTS) is 1. The van der Waals surface area contributed by atoms with E-state index < -0.39 is 24.3 Å². The summed E-state index contributed by atoms with van der Waals surface area (Å²) >= 11 is 2.83. The Morgan fingerprint density at radius 1 is 1.21 bits per heavy atom. The molecule has 2 aliphatic carbocycles. The normalized spacial score (nSPS) is 36.0. The van der Waals surface area contributed by atoms with Crippen molar-refractivity contribution in [3.05, 3.63) is 44.4 Å². The van der Waals surface area contributed by atoms with Crippen LogP contribution >= 0.6 is 23.1 Å². The zero-order chi connectivity index (χ0) is 23.2. The molecule has 1 aromatic carbocycles. The zero-order valence-electron chi connectivity index (χ0n) is 17.9. The number of imide groups is 1. The fraction of sp³-hybridized carbons (Fsp3) is 0.478. The van der Waals surface area contributed by atoms with E-state index in [1.54, 1.807) is 18.9 Å². The fourth-order valence-electron chi connectivity index (χ4n) is 7.04. The highest BCUT2D eigenvalue weighted by Crippen LogP contribution is 2.73. The Balaban J connectivity index is 1.48. The molecule has 0 spiro atoms. The van der Waals surface area contributed by atoms with Crippen LogP contribution in [0.1, 0.15) is 29.7 Å². The number of fused-ring (bicyclic) bond motifs is 9. The number of carbonyl (C=O) groups is 3. The number of nitrogens with zero attached hydrogens (tertiary/aromatic N) is 1. The number of hydrogen-bond acceptors (Lipinski definition) is 7. The van der Waals surface area contributed by atoms with E-state index >= 15 is 0 Å². The second kappa shape index (κ2) is 6.96. The Kier molecular flexibility index (Phi) is 4.42. The third-order valence-electron chi connectivity index (χ3n) is 8.14. The van der Waals surface area contributed by atoms with Gasteiger partial charge in [-0.1, -0.05) is 23.5 Å². The van der Waals surface area contributed by atoms with Crippen LogP contribution in [0.15, 0.2) is 34.1 Å². The SMILES string of the molecule is COc1ccc([C@@H]2c3sc(=O)[nH]c3S[C@@]3(C)[C@@H]2[C@H]2C[C@H]3[C@@H]3C(=O)N(CC(=O)O)C(=O)[C@@H]23)cc1. The number of benzene rings is 1. The maximum absolute atomic E-state index is 13.2. The van der Waals surface area contributed by atoms with E-state index in [0.29, 0.717) is 0 Å². The first kappa shape index (κ1) is 21.0. The predicted octanol–water partition coefficient (Wildman–Crippen LogP) is 2.39. The van der Waals surface area contributed by atoms with Gasteiger partial charge in [-0.15, -0.1) is 11.8 Å². The van der Waals surface area contributed by atoms with Crippen LogP contribution in [0.25, 0.3) is 0 Å². The lowest BCUT2D eigenvalue weighted by Gasteiger charge is -2.50. The van der Waals surface area contributed by atoms with Gasteiger partial charge in [0.2, 0.25) is 11.8 Å². The average Bonchev–Trinajstić information content (AvgIpc) is 3.48. The lowest BCUT2D eigenvalue weighted by Crippen LogP contribution is -2.50. The molecule has 2 saturated carbocycles. The van der Waals surface area contributed by atoms with Gasteiger partial charge >= 0.3 is 10.8 Å². The van der Waals surface area contributed by atoms with Crippen molar-refractivity contribution in [2.75, 3.05) is 13.7 Å². The largest absolute Gasteiger partial charge is 0.497 e. The summed E-state index contributed by atoms with van der Waals surface area (Å²) in [6, 6.07) is 7.82. The summed E-state index contributed by atoms with van der Waals surface area (Å²) in [5.74, 6) is -2.28. The van der Waals surface area contributed by atoms with Gasteiger partial charge in [0.05, 0.1) is 24.0 Å². The standard InChI is InChI=1S/C23H22N2O6S2/c1-23-12-7-11(15-16(12)21(29)25(20(15)28)8-13(26)27)17(23)14(9-3-5-10(31-2)6-4-9)18-19(33-23)24-22(30)32-18/h3-6,11-12,14-17H,7-8H2,1-2H3,(H,24,30)(H,26,27)/t11-,12-,14-,15-,16-,17+,23+/m0/s1. The smallest absolute Gasteiger partial charge is 0.323 e. The van der Waals surface area contributed by atoms with Crippen LogP contribution in [0.4, 0.5) is 0 Å². The van der Waals surface area contributed by atoms with Gasteiger partial charge in [0.15, 0.2) is 0 Å². The number of methoxy groups -OCH3 is 1. The van der Waals surface area contributed by atoms with E-state index in [1.807, 2.05) is 24.3 Å². The highest BCUT2D eigenvalue weighted by atomic mass is 32.2. The molecule has 2 amide bonds. The van der Waals surface area contributed by atoms with E-state index in [0.717, 1.165) is 32.5 Å². The number of likely N-dealkylation sites (tertiary alicyclic amines) is 1. The predicted molar refractivity (Wildman–Crippen MR) is 120 cm³/mol. The molecular formula is C23H22N2O6S2. The van der Waals surface area contributed by atoms with Gasteiger partial charge in [0, 0.05) is 15.5 Å². The van der Waals surface area contributed by atoms with Crippen LogP contribution in [-0.2, 0) is 14.4 Å². The van der Waals surface area contributed by atoms with Gasteiger partial charge in [0.25, 0.3) is 0 Å². The number of nitrogens with one attached hydrogen (secondary N) is 1. The summed E-state index contributed by atoms with van der Waals surface area (Å²) in [6.45, 7) is 1.57. The number of thiazole rings is 1. The van der Waals surface area contributed by atoms with Gasteiger partial charge in [-0.25, -0.2) is 0 Å². The highest BCUT2D eigenvalue weighted by molar-refractivity contribution is 8.00. The monoisotopic (exact) mass is 486 g/mol. The molecule has 3 fully saturated rings. The van der Waals surface area contributed by atoms with Crippen molar-refractivity contribution < 1.29 is 24.2 Å². The topological polar surface area (TPSA) is 117 Å². The highest BCUT2D eigenvalue weighted by Gasteiger charge is 2.73. The van der Waals surface area contributed by atoms with Crippen LogP contribution in [-0.4, -0.2) is 51.2 Å². The minimum absolute atomic E-state index is 0.0441. The van der Waals surface area contributed by atoms with Crippen molar-refractivity contribution in [2.45, 2.75) is 29.0 Å². The summed E-state index contributed by atoms with van der Waals surface area (Å²) in [7, 11) is 1.61. The summed E-state index contributed by atoms with van der Waals surface area (Å²) in [4.78, 5) is 54.9. The summed E-state index contributed by atoms with van der Waals surface area (Å²) < 4.78 is 4.96. The van der Waals surface area contributed by atoms with E-state index in [2.05, 4.69) is 11.9 Å². The maximum Gasteiger partial charge on any atom is 0.323 e. The molecule has 2 N–H and O–H groups in total. The van der Waals surface area contributed by atoms with Crippen molar-refractivity contribution in [3.8, 4) is 5.75 Å². The minimum Gasteiger partial charge on any atom is -0.497 e. The van der Waals surface area contributed by atoms with Crippen LogP contribution in [0.5, 0.6) is 5.75 Å². The number of rotatable bonds is 4. The molecule has 3 heterocycles. The van der Waals surface area contributed by atoms with Gasteiger partial charge < -0.3 is 14.8 Å². The number of H-pyrrole nitrogens is 1. The first-order valence-electron chi connectivity index (χ1n) is 10.9. The summed E-state index contributed by atoms with van der Waals surface area (Å²) in [5.41, 5.74) is 1.05. The Morgan fingerprint density at radius 2 is 1.91 bits per heavy atom. The molecular weight excluding hydrogens is 464 g/mol. The maximum atomic E-state index is 13.2. The van der Waals surface area contributed by atoms with Gasteiger partial charge in [-0.2, -0.15) is 0 Å². The van der Waals surface area contributed by atoms with Crippen LogP contribution < -0.4 is 9.61 Å². The van der Waals surface area contributed by atoms with Gasteiger partial charge in [0.1, 0.15) is 12.3 Å². The molecule has 0 radical (unpaired) electrons. The molecule has 6 rings (SSSR count). The molecule has 2 aliphatic heterocycles. The molecule has 2 bridgehead atoms. The van der Waals surface area contributed by atoms with Crippen LogP contribution in [0.3, 0.4) is 0 Å². The number of thioether (sulfide) groups is 1. The van der Waals surface area contributed by atoms with Gasteiger partial charge in [-0.05, 0) is 48.8 Å². The lowest BCUT2D eigenvalue weighted by molar-refractivity contribution is -0.149. The Labute approximate surface area is 197 Å². The summed E-state index contributed by atoms with van der Waals surface area (Å²) in [6.07, 6.45) is 0.758. The molecule has 33 heavy (non-hydrogen) atoms. The fourth-order valence-corrected chi connectivity index (χ4v) is 9.91. The number of ether oxygens (including phenoxy) is 1. The first-order chi connectivity index (χ1) is 15.7. The Bertz CT molecular complexity index is 1250. The number of aromatic amines is 1. The Hall–Kier alpha value is -2.59. The second-order valence-corrected chi connectivity index (χ2v) is 12.0. The molecule has 7 atom stereocenters. The van der Waals surface area contributed by atoms with Crippen LogP contribution in [0.2, 0.25) is 0 Å². The van der Waals surface area contributed by atoms with Crippen molar-refractivity contribution in [3.63, 3.8) is 0 Å². The quantitative estimate of drug-likeness (QED) is 0.638. The van der Waals surface area contributed by atoms with Crippen LogP contribution in [0, 0.1) is 29.6 Å². The zero-order valence-corrected chi connectivity index (χ0v) is 19.6. The van der Waals surface area contributed by atoms with Crippen molar-refractivity contribution in [1.29, 1.82) is 0 Å². The number of amides is 2. The molecule has 172 valence electrons. The molecule has 4 aliphatic rings. The first-order valence-corrected chi connectivity index (χ1v) is 12.5. The Morgan fingerprint density at radius 3 is 2.58 bits per heavy atom. The average molecular weight is 487 g/mol. The number of carboxylic acids is 1.